The summed E-state index contributed by atoms with van der Waals surface area (Å²) in [5, 5.41) is 19.6. The highest BCUT2D eigenvalue weighted by molar-refractivity contribution is 5.54. The van der Waals surface area contributed by atoms with E-state index in [2.05, 4.69) is 52.6 Å². The van der Waals surface area contributed by atoms with Crippen LogP contribution in [0.4, 0.5) is 11.8 Å². The van der Waals surface area contributed by atoms with E-state index in [9.17, 15) is 5.26 Å². The molecule has 0 bridgehead atoms. The Morgan fingerprint density at radius 2 is 2.25 bits per heavy atom. The molecule has 2 atom stereocenters. The number of nitrogens with one attached hydrogen (secondary N) is 2. The second-order valence-electron chi connectivity index (χ2n) is 6.93. The van der Waals surface area contributed by atoms with Crippen LogP contribution in [0.25, 0.3) is 0 Å². The zero-order valence-corrected chi connectivity index (χ0v) is 14.2. The van der Waals surface area contributed by atoms with E-state index in [1.165, 1.54) is 0 Å². The third-order valence-corrected chi connectivity index (χ3v) is 5.16. The lowest BCUT2D eigenvalue weighted by Crippen LogP contribution is -2.52. The summed E-state index contributed by atoms with van der Waals surface area (Å²) in [7, 11) is 0. The van der Waals surface area contributed by atoms with Crippen LogP contribution in [-0.4, -0.2) is 27.7 Å². The van der Waals surface area contributed by atoms with Gasteiger partial charge in [0.2, 0.25) is 5.95 Å². The molecule has 0 unspecified atom stereocenters. The number of nitrogens with zero attached hydrogens (tertiary/aromatic N) is 4. The van der Waals surface area contributed by atoms with Crippen LogP contribution in [0.1, 0.15) is 38.3 Å². The van der Waals surface area contributed by atoms with E-state index in [1.807, 2.05) is 0 Å². The van der Waals surface area contributed by atoms with E-state index in [-0.39, 0.29) is 5.41 Å². The van der Waals surface area contributed by atoms with Gasteiger partial charge in [-0.3, -0.25) is 0 Å². The van der Waals surface area contributed by atoms with Crippen molar-refractivity contribution in [3.8, 4) is 6.07 Å². The number of anilines is 2. The van der Waals surface area contributed by atoms with Crippen molar-refractivity contribution in [1.82, 2.24) is 15.1 Å². The molecule has 1 aliphatic carbocycles. The summed E-state index contributed by atoms with van der Waals surface area (Å²) >= 11 is 0. The molecule has 7 nitrogen and oxygen atoms in total. The molecule has 3 rings (SSSR count). The Balaban J connectivity index is 1.66. The van der Waals surface area contributed by atoms with Crippen LogP contribution in [0.2, 0.25) is 0 Å². The first-order chi connectivity index (χ1) is 11.5. The third kappa shape index (κ3) is 3.18. The maximum absolute atomic E-state index is 9.29. The van der Waals surface area contributed by atoms with Crippen LogP contribution in [0.3, 0.4) is 0 Å². The number of nitriles is 1. The molecule has 0 aromatic carbocycles. The molecule has 24 heavy (non-hydrogen) atoms. The van der Waals surface area contributed by atoms with Crippen LogP contribution < -0.4 is 10.6 Å². The van der Waals surface area contributed by atoms with Crippen LogP contribution in [-0.2, 0) is 6.42 Å². The molecular formula is C17H22N6O. The van der Waals surface area contributed by atoms with E-state index < -0.39 is 0 Å². The van der Waals surface area contributed by atoms with E-state index in [0.717, 1.165) is 18.4 Å². The molecule has 1 saturated carbocycles. The number of hydrogen-bond acceptors (Lipinski definition) is 7. The summed E-state index contributed by atoms with van der Waals surface area (Å²) in [6, 6.07) is 2.48. The standard InChI is InChI=1S/C17H22N6O/c1-11-6-14(17(11,2)3)22-15-13(7-18)9-20-16(23-15)19-5-4-12-8-21-24-10-12/h8-11,14H,4-6H2,1-3H3,(H2,19,20,22,23)/t11-,14+/m0/s1. The average Bonchev–Trinajstić information content (AvgIpc) is 3.08. The van der Waals surface area contributed by atoms with Crippen molar-refractivity contribution in [2.45, 2.75) is 39.7 Å². The Morgan fingerprint density at radius 1 is 1.42 bits per heavy atom. The van der Waals surface area contributed by atoms with Crippen LogP contribution in [0, 0.1) is 22.7 Å². The molecule has 1 fully saturated rings. The topological polar surface area (TPSA) is 99.7 Å². The molecule has 2 heterocycles. The molecule has 7 heteroatoms. The molecule has 2 aromatic heterocycles. The SMILES string of the molecule is C[C@H]1C[C@@H](Nc2nc(NCCc3cnoc3)ncc2C#N)C1(C)C. The van der Waals surface area contributed by atoms with Gasteiger partial charge in [0.15, 0.2) is 0 Å². The van der Waals surface area contributed by atoms with Gasteiger partial charge in [0, 0.05) is 18.2 Å². The van der Waals surface area contributed by atoms with Crippen molar-refractivity contribution in [3.05, 3.63) is 29.8 Å². The molecule has 2 aromatic rings. The summed E-state index contributed by atoms with van der Waals surface area (Å²) < 4.78 is 4.80. The second-order valence-corrected chi connectivity index (χ2v) is 6.93. The van der Waals surface area contributed by atoms with E-state index in [0.29, 0.717) is 35.8 Å². The van der Waals surface area contributed by atoms with Gasteiger partial charge in [-0.2, -0.15) is 10.2 Å². The van der Waals surface area contributed by atoms with Crippen LogP contribution in [0.15, 0.2) is 23.2 Å². The first-order valence-electron chi connectivity index (χ1n) is 8.16. The van der Waals surface area contributed by atoms with Gasteiger partial charge in [0.1, 0.15) is 23.7 Å². The fraction of sp³-hybridized carbons (Fsp3) is 0.529. The Kier molecular flexibility index (Phi) is 4.38. The Morgan fingerprint density at radius 3 is 2.88 bits per heavy atom. The summed E-state index contributed by atoms with van der Waals surface area (Å²) in [6.45, 7) is 7.40. The van der Waals surface area contributed by atoms with E-state index >= 15 is 0 Å². The Hall–Kier alpha value is -2.62. The smallest absolute Gasteiger partial charge is 0.224 e. The lowest BCUT2D eigenvalue weighted by molar-refractivity contribution is 0.0654. The largest absolute Gasteiger partial charge is 0.366 e. The monoisotopic (exact) mass is 326 g/mol. The minimum Gasteiger partial charge on any atom is -0.366 e. The normalized spacial score (nSPS) is 21.6. The van der Waals surface area contributed by atoms with Crippen molar-refractivity contribution in [1.29, 1.82) is 5.26 Å². The van der Waals surface area contributed by atoms with Crippen molar-refractivity contribution in [3.63, 3.8) is 0 Å². The minimum atomic E-state index is 0.194. The molecule has 2 N–H and O–H groups in total. The van der Waals surface area contributed by atoms with Gasteiger partial charge in [0.05, 0.1) is 12.4 Å². The third-order valence-electron chi connectivity index (χ3n) is 5.16. The number of hydrogen-bond donors (Lipinski definition) is 2. The van der Waals surface area contributed by atoms with Gasteiger partial charge in [-0.05, 0) is 24.2 Å². The lowest BCUT2D eigenvalue weighted by Gasteiger charge is -2.51. The highest BCUT2D eigenvalue weighted by Gasteiger charge is 2.45. The summed E-state index contributed by atoms with van der Waals surface area (Å²) in [5.74, 6) is 1.77. The quantitative estimate of drug-likeness (QED) is 0.842. The van der Waals surface area contributed by atoms with Crippen molar-refractivity contribution in [2.75, 3.05) is 17.2 Å². The summed E-state index contributed by atoms with van der Waals surface area (Å²) in [6.07, 6.45) is 6.72. The maximum Gasteiger partial charge on any atom is 0.224 e. The number of aromatic nitrogens is 3. The van der Waals surface area contributed by atoms with Crippen LogP contribution >= 0.6 is 0 Å². The minimum absolute atomic E-state index is 0.194. The molecule has 0 aliphatic heterocycles. The van der Waals surface area contributed by atoms with Crippen molar-refractivity contribution >= 4 is 11.8 Å². The molecule has 0 amide bonds. The zero-order chi connectivity index (χ0) is 17.2. The lowest BCUT2D eigenvalue weighted by atomic mass is 9.59. The molecule has 0 radical (unpaired) electrons. The average molecular weight is 326 g/mol. The molecule has 1 aliphatic rings. The van der Waals surface area contributed by atoms with Gasteiger partial charge in [-0.1, -0.05) is 25.9 Å². The fourth-order valence-electron chi connectivity index (χ4n) is 2.88. The zero-order valence-electron chi connectivity index (χ0n) is 14.2. The predicted octanol–water partition coefficient (Wildman–Crippen LogP) is 2.84. The van der Waals surface area contributed by atoms with Gasteiger partial charge in [-0.25, -0.2) is 4.98 Å². The van der Waals surface area contributed by atoms with Gasteiger partial charge in [-0.15, -0.1) is 0 Å². The Labute approximate surface area is 141 Å². The fourth-order valence-corrected chi connectivity index (χ4v) is 2.88. The van der Waals surface area contributed by atoms with Crippen LogP contribution in [0.5, 0.6) is 0 Å². The van der Waals surface area contributed by atoms with Gasteiger partial charge < -0.3 is 15.2 Å². The summed E-state index contributed by atoms with van der Waals surface area (Å²) in [4.78, 5) is 8.69. The molecule has 0 spiro atoms. The van der Waals surface area contributed by atoms with Gasteiger partial charge >= 0.3 is 0 Å². The maximum atomic E-state index is 9.29. The molecular weight excluding hydrogens is 304 g/mol. The first kappa shape index (κ1) is 16.2. The highest BCUT2D eigenvalue weighted by Crippen LogP contribution is 2.47. The summed E-state index contributed by atoms with van der Waals surface area (Å²) in [5.41, 5.74) is 1.68. The Bertz CT molecular complexity index is 734. The second kappa shape index (κ2) is 6.48. The van der Waals surface area contributed by atoms with E-state index in [4.69, 9.17) is 4.52 Å². The molecule has 126 valence electrons. The number of rotatable bonds is 6. The molecule has 0 saturated heterocycles. The van der Waals surface area contributed by atoms with Crippen molar-refractivity contribution in [2.24, 2.45) is 11.3 Å². The predicted molar refractivity (Wildman–Crippen MR) is 90.4 cm³/mol. The van der Waals surface area contributed by atoms with E-state index in [1.54, 1.807) is 18.7 Å². The van der Waals surface area contributed by atoms with Crippen molar-refractivity contribution < 1.29 is 4.52 Å². The highest BCUT2D eigenvalue weighted by atomic mass is 16.5. The van der Waals surface area contributed by atoms with Gasteiger partial charge in [0.25, 0.3) is 0 Å². The first-order valence-corrected chi connectivity index (χ1v) is 8.16.